The second kappa shape index (κ2) is 10.4. The number of methoxy groups -OCH3 is 1. The number of hydrogen-bond donors (Lipinski definition) is 3. The second-order valence-corrected chi connectivity index (χ2v) is 6.51. The van der Waals surface area contributed by atoms with Crippen molar-refractivity contribution in [3.63, 3.8) is 0 Å². The fourth-order valence-corrected chi connectivity index (χ4v) is 2.59. The van der Waals surface area contributed by atoms with Crippen LogP contribution in [0.1, 0.15) is 25.8 Å². The molecule has 0 aromatic heterocycles. The number of aliphatic carboxylic acids is 1. The van der Waals surface area contributed by atoms with Crippen LogP contribution in [0.2, 0.25) is 0 Å². The largest absolute Gasteiger partial charge is 0.497 e. The molecule has 0 saturated carbocycles. The number of carboxylic acids is 1. The Kier molecular flexibility index (Phi) is 8.57. The Morgan fingerprint density at radius 2 is 1.88 bits per heavy atom. The van der Waals surface area contributed by atoms with Gasteiger partial charge in [0.15, 0.2) is 0 Å². The predicted octanol–water partition coefficient (Wildman–Crippen LogP) is 1.32. The number of hydroxylamine groups is 2. The smallest absolute Gasteiger partial charge is 0.326 e. The van der Waals surface area contributed by atoms with Crippen LogP contribution in [0.25, 0.3) is 0 Å². The maximum Gasteiger partial charge on any atom is 0.326 e. The van der Waals surface area contributed by atoms with Crippen molar-refractivity contribution in [1.29, 1.82) is 0 Å². The van der Waals surface area contributed by atoms with Crippen LogP contribution in [-0.4, -0.2) is 53.4 Å². The normalized spacial score (nSPS) is 13.0. The van der Waals surface area contributed by atoms with E-state index in [4.69, 9.17) is 4.74 Å². The molecule has 0 bridgehead atoms. The first-order valence-corrected chi connectivity index (χ1v) is 8.33. The summed E-state index contributed by atoms with van der Waals surface area (Å²) in [4.78, 5) is 34.6. The van der Waals surface area contributed by atoms with E-state index in [1.165, 1.54) is 7.11 Å². The van der Waals surface area contributed by atoms with Gasteiger partial charge in [-0.2, -0.15) is 0 Å². The van der Waals surface area contributed by atoms with Gasteiger partial charge >= 0.3 is 5.97 Å². The van der Waals surface area contributed by atoms with Gasteiger partial charge in [0.2, 0.25) is 12.3 Å². The van der Waals surface area contributed by atoms with Crippen molar-refractivity contribution in [3.05, 3.63) is 29.8 Å². The quantitative estimate of drug-likeness (QED) is 0.309. The number of hydrogen-bond acceptors (Lipinski definition) is 5. The van der Waals surface area contributed by atoms with E-state index in [1.807, 2.05) is 13.8 Å². The lowest BCUT2D eigenvalue weighted by molar-refractivity contribution is -0.155. The van der Waals surface area contributed by atoms with E-state index in [1.54, 1.807) is 24.3 Å². The van der Waals surface area contributed by atoms with Gasteiger partial charge in [-0.05, 0) is 30.0 Å². The first kappa shape index (κ1) is 21.4. The predicted molar refractivity (Wildman–Crippen MR) is 93.8 cm³/mol. The van der Waals surface area contributed by atoms with Crippen molar-refractivity contribution in [2.45, 2.75) is 32.7 Å². The second-order valence-electron chi connectivity index (χ2n) is 6.51. The Labute approximate surface area is 152 Å². The molecule has 0 aliphatic carbocycles. The minimum absolute atomic E-state index is 0.107. The van der Waals surface area contributed by atoms with Crippen LogP contribution in [0.5, 0.6) is 5.75 Å². The standard InChI is InChI=1S/C18H26N2O6/c1-12(2)8-14(10-20(25)11-21)17(22)19-16(18(23)24)9-13-4-6-15(26-3)7-5-13/h4-7,11-12,14,16,25H,8-10H2,1-3H3,(H,19,22)(H,23,24)/t14?,16-/m0/s1. The zero-order valence-electron chi connectivity index (χ0n) is 15.2. The monoisotopic (exact) mass is 366 g/mol. The number of ether oxygens (including phenoxy) is 1. The minimum atomic E-state index is -1.16. The third-order valence-electron chi connectivity index (χ3n) is 3.87. The summed E-state index contributed by atoms with van der Waals surface area (Å²) < 4.78 is 5.06. The molecule has 26 heavy (non-hydrogen) atoms. The van der Waals surface area contributed by atoms with Gasteiger partial charge in [0, 0.05) is 6.42 Å². The third kappa shape index (κ3) is 7.10. The number of nitrogens with zero attached hydrogens (tertiary/aromatic N) is 1. The van der Waals surface area contributed by atoms with Gasteiger partial charge in [0.25, 0.3) is 0 Å². The summed E-state index contributed by atoms with van der Waals surface area (Å²) in [5.74, 6) is -1.59. The molecule has 1 rings (SSSR count). The Morgan fingerprint density at radius 3 is 2.35 bits per heavy atom. The molecular weight excluding hydrogens is 340 g/mol. The minimum Gasteiger partial charge on any atom is -0.497 e. The lowest BCUT2D eigenvalue weighted by atomic mass is 9.95. The summed E-state index contributed by atoms with van der Waals surface area (Å²) in [6.07, 6.45) is 0.730. The van der Waals surface area contributed by atoms with Crippen molar-refractivity contribution in [2.75, 3.05) is 13.7 Å². The van der Waals surface area contributed by atoms with Crippen molar-refractivity contribution in [1.82, 2.24) is 10.4 Å². The molecule has 0 heterocycles. The molecule has 3 N–H and O–H groups in total. The lowest BCUT2D eigenvalue weighted by Crippen LogP contribution is -2.47. The van der Waals surface area contributed by atoms with Gasteiger partial charge in [0.1, 0.15) is 11.8 Å². The van der Waals surface area contributed by atoms with Crippen molar-refractivity contribution >= 4 is 18.3 Å². The van der Waals surface area contributed by atoms with E-state index in [0.717, 1.165) is 5.56 Å². The van der Waals surface area contributed by atoms with Crippen LogP contribution in [0.15, 0.2) is 24.3 Å². The van der Waals surface area contributed by atoms with Crippen molar-refractivity contribution in [3.8, 4) is 5.75 Å². The topological polar surface area (TPSA) is 116 Å². The van der Waals surface area contributed by atoms with Crippen molar-refractivity contribution < 1.29 is 29.4 Å². The van der Waals surface area contributed by atoms with Gasteiger partial charge in [-0.15, -0.1) is 0 Å². The van der Waals surface area contributed by atoms with Crippen LogP contribution < -0.4 is 10.1 Å². The molecule has 0 fully saturated rings. The SMILES string of the molecule is COc1ccc(C[C@H](NC(=O)C(CC(C)C)CN(O)C=O)C(=O)O)cc1. The Morgan fingerprint density at radius 1 is 1.27 bits per heavy atom. The van der Waals surface area contributed by atoms with E-state index in [-0.39, 0.29) is 25.3 Å². The van der Waals surface area contributed by atoms with Crippen molar-refractivity contribution in [2.24, 2.45) is 11.8 Å². The first-order valence-electron chi connectivity index (χ1n) is 8.33. The Bertz CT molecular complexity index is 602. The molecule has 2 atom stereocenters. The fourth-order valence-electron chi connectivity index (χ4n) is 2.59. The molecule has 0 spiro atoms. The summed E-state index contributed by atoms with van der Waals surface area (Å²) in [5, 5.41) is 21.7. The average Bonchev–Trinajstić information content (AvgIpc) is 2.60. The molecule has 1 aromatic carbocycles. The van der Waals surface area contributed by atoms with Gasteiger partial charge in [0.05, 0.1) is 19.6 Å². The van der Waals surface area contributed by atoms with Crippen LogP contribution in [0.4, 0.5) is 0 Å². The molecule has 1 unspecified atom stereocenters. The highest BCUT2D eigenvalue weighted by Crippen LogP contribution is 2.15. The highest BCUT2D eigenvalue weighted by Gasteiger charge is 2.27. The number of carboxylic acid groups (broad SMARTS) is 1. The third-order valence-corrected chi connectivity index (χ3v) is 3.87. The van der Waals surface area contributed by atoms with E-state index < -0.39 is 23.8 Å². The van der Waals surface area contributed by atoms with Gasteiger partial charge in [-0.1, -0.05) is 26.0 Å². The van der Waals surface area contributed by atoms with Gasteiger partial charge < -0.3 is 15.2 Å². The molecule has 0 aliphatic rings. The summed E-state index contributed by atoms with van der Waals surface area (Å²) >= 11 is 0. The first-order chi connectivity index (χ1) is 12.3. The number of carbonyl (C=O) groups is 3. The summed E-state index contributed by atoms with van der Waals surface area (Å²) in [7, 11) is 1.54. The Hall–Kier alpha value is -2.61. The van der Waals surface area contributed by atoms with E-state index in [9.17, 15) is 24.7 Å². The molecule has 0 radical (unpaired) electrons. The van der Waals surface area contributed by atoms with Crippen LogP contribution >= 0.6 is 0 Å². The van der Waals surface area contributed by atoms with Crippen LogP contribution in [-0.2, 0) is 20.8 Å². The molecule has 0 aliphatic heterocycles. The molecule has 8 heteroatoms. The highest BCUT2D eigenvalue weighted by molar-refractivity contribution is 5.85. The lowest BCUT2D eigenvalue weighted by Gasteiger charge is -2.23. The highest BCUT2D eigenvalue weighted by atomic mass is 16.5. The average molecular weight is 366 g/mol. The van der Waals surface area contributed by atoms with E-state index in [0.29, 0.717) is 17.2 Å². The molecule has 144 valence electrons. The summed E-state index contributed by atoms with van der Waals surface area (Å²) in [5.41, 5.74) is 0.732. The molecule has 8 nitrogen and oxygen atoms in total. The summed E-state index contributed by atoms with van der Waals surface area (Å²) in [6, 6.07) is 5.77. The number of benzene rings is 1. The fraction of sp³-hybridized carbons (Fsp3) is 0.500. The zero-order valence-corrected chi connectivity index (χ0v) is 15.2. The molecule has 2 amide bonds. The molecule has 0 saturated heterocycles. The maximum atomic E-state index is 12.5. The number of rotatable bonds is 11. The maximum absolute atomic E-state index is 12.5. The zero-order chi connectivity index (χ0) is 19.7. The van der Waals surface area contributed by atoms with Crippen LogP contribution in [0, 0.1) is 11.8 Å². The molecule has 1 aromatic rings. The molecular formula is C18H26N2O6. The van der Waals surface area contributed by atoms with E-state index in [2.05, 4.69) is 5.32 Å². The van der Waals surface area contributed by atoms with Crippen LogP contribution in [0.3, 0.4) is 0 Å². The summed E-state index contributed by atoms with van der Waals surface area (Å²) in [6.45, 7) is 3.60. The number of nitrogens with one attached hydrogen (secondary N) is 1. The van der Waals surface area contributed by atoms with Gasteiger partial charge in [-0.3, -0.25) is 14.8 Å². The number of carbonyl (C=O) groups excluding carboxylic acids is 2. The van der Waals surface area contributed by atoms with E-state index >= 15 is 0 Å². The Balaban J connectivity index is 2.82. The van der Waals surface area contributed by atoms with Gasteiger partial charge in [-0.25, -0.2) is 9.86 Å². The number of amides is 2.